The Labute approximate surface area is 136 Å². The molecule has 1 heterocycles. The van der Waals surface area contributed by atoms with Gasteiger partial charge in [-0.2, -0.15) is 0 Å². The molecule has 1 saturated heterocycles. The molecule has 23 heavy (non-hydrogen) atoms. The summed E-state index contributed by atoms with van der Waals surface area (Å²) in [7, 11) is 0. The van der Waals surface area contributed by atoms with Crippen LogP contribution in [0.5, 0.6) is 0 Å². The van der Waals surface area contributed by atoms with Crippen LogP contribution >= 0.6 is 0 Å². The summed E-state index contributed by atoms with van der Waals surface area (Å²) in [5, 5.41) is 10.1. The number of benzene rings is 2. The minimum absolute atomic E-state index is 0.130. The highest BCUT2D eigenvalue weighted by atomic mass is 16.5. The number of rotatable bonds is 5. The van der Waals surface area contributed by atoms with Gasteiger partial charge in [0.15, 0.2) is 0 Å². The Kier molecular flexibility index (Phi) is 5.21. The van der Waals surface area contributed by atoms with Crippen molar-refractivity contribution in [2.24, 2.45) is 0 Å². The molecule has 0 amide bonds. The predicted octanol–water partition coefficient (Wildman–Crippen LogP) is 3.47. The van der Waals surface area contributed by atoms with E-state index in [2.05, 4.69) is 0 Å². The van der Waals surface area contributed by atoms with Gasteiger partial charge in [0.1, 0.15) is 5.78 Å². The zero-order chi connectivity index (χ0) is 16.1. The number of Topliss-reactive ketones (excluding diaryl/α,β-unsaturated/α-hetero) is 1. The van der Waals surface area contributed by atoms with E-state index in [1.807, 2.05) is 60.7 Å². The molecule has 0 spiro atoms. The average Bonchev–Trinajstić information content (AvgIpc) is 2.56. The van der Waals surface area contributed by atoms with Gasteiger partial charge in [-0.05, 0) is 11.1 Å². The Morgan fingerprint density at radius 1 is 1.00 bits per heavy atom. The van der Waals surface area contributed by atoms with Crippen molar-refractivity contribution in [3.8, 4) is 0 Å². The van der Waals surface area contributed by atoms with Gasteiger partial charge in [0.05, 0.1) is 18.3 Å². The maximum Gasteiger partial charge on any atom is 0.139 e. The van der Waals surface area contributed by atoms with Gasteiger partial charge in [-0.1, -0.05) is 60.7 Å². The lowest BCUT2D eigenvalue weighted by Gasteiger charge is -2.33. The second-order valence-electron chi connectivity index (χ2n) is 6.19. The fourth-order valence-corrected chi connectivity index (χ4v) is 3.15. The highest BCUT2D eigenvalue weighted by Crippen LogP contribution is 2.32. The first kappa shape index (κ1) is 15.9. The fraction of sp³-hybridized carbons (Fsp3) is 0.350. The molecule has 2 aromatic rings. The molecule has 0 aliphatic carbocycles. The van der Waals surface area contributed by atoms with Crippen molar-refractivity contribution in [2.45, 2.75) is 44.0 Å². The van der Waals surface area contributed by atoms with Gasteiger partial charge in [0.25, 0.3) is 0 Å². The third kappa shape index (κ3) is 4.50. The SMILES string of the molecule is O=C(Cc1ccccc1)C[C@@H]1C[C@@H](O)C[C@H](c2ccccc2)O1. The standard InChI is InChI=1S/C20H22O3/c21-17(11-15-7-3-1-4-8-15)12-19-13-18(22)14-20(23-19)16-9-5-2-6-10-16/h1-10,18-20,22H,11-14H2/t18-,19-,20-/m1/s1. The normalized spacial score (nSPS) is 24.3. The Morgan fingerprint density at radius 3 is 2.35 bits per heavy atom. The summed E-state index contributed by atoms with van der Waals surface area (Å²) in [4.78, 5) is 12.3. The van der Waals surface area contributed by atoms with E-state index in [-0.39, 0.29) is 18.0 Å². The number of hydrogen-bond acceptors (Lipinski definition) is 3. The summed E-state index contributed by atoms with van der Waals surface area (Å²) in [6, 6.07) is 19.6. The number of ketones is 1. The number of ether oxygens (including phenoxy) is 1. The van der Waals surface area contributed by atoms with Crippen molar-refractivity contribution >= 4 is 5.78 Å². The molecule has 1 aliphatic rings. The Morgan fingerprint density at radius 2 is 1.65 bits per heavy atom. The van der Waals surface area contributed by atoms with E-state index in [0.717, 1.165) is 11.1 Å². The highest BCUT2D eigenvalue weighted by molar-refractivity contribution is 5.81. The van der Waals surface area contributed by atoms with Crippen LogP contribution in [0.3, 0.4) is 0 Å². The van der Waals surface area contributed by atoms with E-state index >= 15 is 0 Å². The Bertz CT molecular complexity index is 624. The van der Waals surface area contributed by atoms with Gasteiger partial charge in [-0.15, -0.1) is 0 Å². The van der Waals surface area contributed by atoms with Crippen LogP contribution in [0.2, 0.25) is 0 Å². The highest BCUT2D eigenvalue weighted by Gasteiger charge is 2.30. The summed E-state index contributed by atoms with van der Waals surface area (Å²) >= 11 is 0. The van der Waals surface area contributed by atoms with Crippen LogP contribution in [0.4, 0.5) is 0 Å². The monoisotopic (exact) mass is 310 g/mol. The number of aliphatic hydroxyl groups excluding tert-OH is 1. The molecule has 1 N–H and O–H groups in total. The smallest absolute Gasteiger partial charge is 0.139 e. The molecule has 2 aromatic carbocycles. The molecule has 3 nitrogen and oxygen atoms in total. The third-order valence-electron chi connectivity index (χ3n) is 4.25. The second-order valence-corrected chi connectivity index (χ2v) is 6.19. The van der Waals surface area contributed by atoms with Crippen LogP contribution in [0.15, 0.2) is 60.7 Å². The Hall–Kier alpha value is -1.97. The molecule has 0 radical (unpaired) electrons. The van der Waals surface area contributed by atoms with Crippen molar-refractivity contribution in [3.63, 3.8) is 0 Å². The lowest BCUT2D eigenvalue weighted by molar-refractivity contribution is -0.130. The fourth-order valence-electron chi connectivity index (χ4n) is 3.15. The first-order valence-corrected chi connectivity index (χ1v) is 8.15. The van der Waals surface area contributed by atoms with Crippen LogP contribution in [0.25, 0.3) is 0 Å². The molecule has 0 aromatic heterocycles. The minimum atomic E-state index is -0.413. The van der Waals surface area contributed by atoms with E-state index in [4.69, 9.17) is 4.74 Å². The molecule has 120 valence electrons. The van der Waals surface area contributed by atoms with Crippen LogP contribution < -0.4 is 0 Å². The number of hydrogen-bond donors (Lipinski definition) is 1. The lowest BCUT2D eigenvalue weighted by atomic mass is 9.93. The predicted molar refractivity (Wildman–Crippen MR) is 89.1 cm³/mol. The first-order chi connectivity index (χ1) is 11.2. The second kappa shape index (κ2) is 7.53. The van der Waals surface area contributed by atoms with Crippen LogP contribution in [0.1, 0.15) is 36.5 Å². The van der Waals surface area contributed by atoms with Gasteiger partial charge in [0.2, 0.25) is 0 Å². The van der Waals surface area contributed by atoms with Crippen LogP contribution in [-0.4, -0.2) is 23.1 Å². The summed E-state index contributed by atoms with van der Waals surface area (Å²) in [5.74, 6) is 0.155. The molecule has 1 fully saturated rings. The maximum absolute atomic E-state index is 12.3. The van der Waals surface area contributed by atoms with Gasteiger partial charge >= 0.3 is 0 Å². The largest absolute Gasteiger partial charge is 0.393 e. The average molecular weight is 310 g/mol. The lowest BCUT2D eigenvalue weighted by Crippen LogP contribution is -2.33. The summed E-state index contributed by atoms with van der Waals surface area (Å²) in [5.41, 5.74) is 2.08. The summed E-state index contributed by atoms with van der Waals surface area (Å²) in [6.45, 7) is 0. The Balaban J connectivity index is 1.60. The number of carbonyl (C=O) groups excluding carboxylic acids is 1. The zero-order valence-corrected chi connectivity index (χ0v) is 13.1. The molecule has 0 bridgehead atoms. The van der Waals surface area contributed by atoms with E-state index in [1.165, 1.54) is 0 Å². The summed E-state index contributed by atoms with van der Waals surface area (Å²) in [6.07, 6.45) is 1.15. The molecular formula is C20H22O3. The van der Waals surface area contributed by atoms with Crippen molar-refractivity contribution in [2.75, 3.05) is 0 Å². The van der Waals surface area contributed by atoms with Crippen molar-refractivity contribution < 1.29 is 14.6 Å². The molecule has 3 rings (SSSR count). The van der Waals surface area contributed by atoms with Crippen LogP contribution in [-0.2, 0) is 16.0 Å². The van der Waals surface area contributed by atoms with Crippen LogP contribution in [0, 0.1) is 0 Å². The molecule has 3 heteroatoms. The first-order valence-electron chi connectivity index (χ1n) is 8.15. The number of carbonyl (C=O) groups is 1. The molecule has 0 saturated carbocycles. The molecular weight excluding hydrogens is 288 g/mol. The van der Waals surface area contributed by atoms with Gasteiger partial charge in [0, 0.05) is 25.7 Å². The third-order valence-corrected chi connectivity index (χ3v) is 4.25. The van der Waals surface area contributed by atoms with Crippen molar-refractivity contribution in [3.05, 3.63) is 71.8 Å². The zero-order valence-electron chi connectivity index (χ0n) is 13.1. The van der Waals surface area contributed by atoms with E-state index in [0.29, 0.717) is 25.7 Å². The van der Waals surface area contributed by atoms with Gasteiger partial charge in [-0.25, -0.2) is 0 Å². The maximum atomic E-state index is 12.3. The summed E-state index contributed by atoms with van der Waals surface area (Å²) < 4.78 is 6.07. The van der Waals surface area contributed by atoms with E-state index in [9.17, 15) is 9.90 Å². The van der Waals surface area contributed by atoms with E-state index < -0.39 is 6.10 Å². The van der Waals surface area contributed by atoms with Gasteiger partial charge in [-0.3, -0.25) is 4.79 Å². The van der Waals surface area contributed by atoms with Crippen molar-refractivity contribution in [1.29, 1.82) is 0 Å². The number of aliphatic hydroxyl groups is 1. The molecule has 1 aliphatic heterocycles. The minimum Gasteiger partial charge on any atom is -0.393 e. The topological polar surface area (TPSA) is 46.5 Å². The van der Waals surface area contributed by atoms with E-state index in [1.54, 1.807) is 0 Å². The van der Waals surface area contributed by atoms with Crippen molar-refractivity contribution in [1.82, 2.24) is 0 Å². The quantitative estimate of drug-likeness (QED) is 0.920. The van der Waals surface area contributed by atoms with Gasteiger partial charge < -0.3 is 9.84 Å². The molecule has 3 atom stereocenters. The molecule has 0 unspecified atom stereocenters.